The van der Waals surface area contributed by atoms with Gasteiger partial charge in [-0.1, -0.05) is 38.2 Å². The Labute approximate surface area is 87.8 Å². The fourth-order valence-electron chi connectivity index (χ4n) is 1.89. The largest absolute Gasteiger partial charge is 0.377 e. The minimum Gasteiger partial charge on any atom is -0.377 e. The van der Waals surface area contributed by atoms with Crippen molar-refractivity contribution in [1.82, 2.24) is 4.90 Å². The number of likely N-dealkylation sites (tertiary alicyclic amines) is 1. The van der Waals surface area contributed by atoms with Gasteiger partial charge in [-0.3, -0.25) is 0 Å². The molecule has 1 saturated heterocycles. The summed E-state index contributed by atoms with van der Waals surface area (Å²) in [7, 11) is 2.17. The number of rotatable bonds is 2. The number of hydrogen-bond donors (Lipinski definition) is 0. The van der Waals surface area contributed by atoms with Gasteiger partial charge in [0.25, 0.3) is 0 Å². The summed E-state index contributed by atoms with van der Waals surface area (Å²) in [6, 6.07) is 0. The summed E-state index contributed by atoms with van der Waals surface area (Å²) < 4.78 is 0. The summed E-state index contributed by atoms with van der Waals surface area (Å²) >= 11 is 0. The zero-order valence-corrected chi connectivity index (χ0v) is 9.75. The molecule has 1 rings (SSSR count). The Hall–Kier alpha value is -0.980. The first-order valence-electron chi connectivity index (χ1n) is 5.29. The summed E-state index contributed by atoms with van der Waals surface area (Å²) in [5.41, 5.74) is 1.79. The van der Waals surface area contributed by atoms with Crippen LogP contribution in [0.15, 0.2) is 36.1 Å². The van der Waals surface area contributed by atoms with Crippen LogP contribution in [0.1, 0.15) is 27.2 Å². The van der Waals surface area contributed by atoms with E-state index in [1.54, 1.807) is 0 Å². The predicted octanol–water partition coefficient (Wildman–Crippen LogP) is 3.36. The molecule has 0 radical (unpaired) electrons. The Balaban J connectivity index is 2.74. The van der Waals surface area contributed by atoms with Gasteiger partial charge in [0.1, 0.15) is 0 Å². The quantitative estimate of drug-likeness (QED) is 0.605. The van der Waals surface area contributed by atoms with Crippen molar-refractivity contribution in [2.45, 2.75) is 27.2 Å². The molecule has 0 aromatic carbocycles. The lowest BCUT2D eigenvalue weighted by atomic mass is 9.89. The fraction of sp³-hybridized carbons (Fsp3) is 0.538. The number of hydrogen-bond acceptors (Lipinski definition) is 1. The predicted molar refractivity (Wildman–Crippen MR) is 63.1 cm³/mol. The van der Waals surface area contributed by atoms with Crippen molar-refractivity contribution >= 4 is 0 Å². The Morgan fingerprint density at radius 2 is 1.93 bits per heavy atom. The van der Waals surface area contributed by atoms with E-state index in [-0.39, 0.29) is 0 Å². The second kappa shape index (κ2) is 4.50. The first-order chi connectivity index (χ1) is 6.58. The maximum Gasteiger partial charge on any atom is 0.0188 e. The molecule has 1 nitrogen and oxygen atoms in total. The summed E-state index contributed by atoms with van der Waals surface area (Å²) in [5, 5.41) is 0. The first kappa shape index (κ1) is 11.1. The van der Waals surface area contributed by atoms with Crippen LogP contribution in [0.5, 0.6) is 0 Å². The van der Waals surface area contributed by atoms with Crippen LogP contribution in [0.2, 0.25) is 0 Å². The van der Waals surface area contributed by atoms with E-state index in [0.717, 1.165) is 0 Å². The third-order valence-electron chi connectivity index (χ3n) is 2.85. The van der Waals surface area contributed by atoms with Gasteiger partial charge in [0.05, 0.1) is 0 Å². The topological polar surface area (TPSA) is 3.24 Å². The van der Waals surface area contributed by atoms with E-state index in [1.807, 2.05) is 13.0 Å². The Morgan fingerprint density at radius 3 is 2.43 bits per heavy atom. The average molecular weight is 191 g/mol. The molecule has 1 aliphatic rings. The second-order valence-electron chi connectivity index (χ2n) is 4.52. The van der Waals surface area contributed by atoms with Crippen LogP contribution in [0.3, 0.4) is 0 Å². The molecule has 0 aromatic rings. The smallest absolute Gasteiger partial charge is 0.0188 e. The number of nitrogens with zero attached hydrogens (tertiary/aromatic N) is 1. The van der Waals surface area contributed by atoms with E-state index in [9.17, 15) is 0 Å². The highest BCUT2D eigenvalue weighted by Crippen LogP contribution is 2.38. The summed E-state index contributed by atoms with van der Waals surface area (Å²) in [6.45, 7) is 7.83. The van der Waals surface area contributed by atoms with Gasteiger partial charge in [0.15, 0.2) is 0 Å². The molecule has 0 saturated carbocycles. The third kappa shape index (κ3) is 2.50. The van der Waals surface area contributed by atoms with Crippen molar-refractivity contribution in [3.05, 3.63) is 36.1 Å². The molecule has 0 aromatic heterocycles. The lowest BCUT2D eigenvalue weighted by Gasteiger charge is -2.22. The third-order valence-corrected chi connectivity index (χ3v) is 2.85. The van der Waals surface area contributed by atoms with Gasteiger partial charge >= 0.3 is 0 Å². The zero-order valence-electron chi connectivity index (χ0n) is 9.75. The lowest BCUT2D eigenvalue weighted by molar-refractivity contribution is 0.434. The van der Waals surface area contributed by atoms with Crippen LogP contribution in [-0.2, 0) is 0 Å². The molecule has 0 unspecified atom stereocenters. The van der Waals surface area contributed by atoms with Crippen molar-refractivity contribution in [2.75, 3.05) is 13.6 Å². The van der Waals surface area contributed by atoms with Crippen LogP contribution in [0.25, 0.3) is 0 Å². The van der Waals surface area contributed by atoms with Gasteiger partial charge in [0, 0.05) is 24.7 Å². The van der Waals surface area contributed by atoms with Crippen LogP contribution in [0, 0.1) is 5.41 Å². The van der Waals surface area contributed by atoms with Crippen molar-refractivity contribution in [3.63, 3.8) is 0 Å². The first-order valence-corrected chi connectivity index (χ1v) is 5.29. The van der Waals surface area contributed by atoms with E-state index in [1.165, 1.54) is 18.7 Å². The lowest BCUT2D eigenvalue weighted by Crippen LogP contribution is -2.16. The monoisotopic (exact) mass is 191 g/mol. The van der Waals surface area contributed by atoms with Crippen molar-refractivity contribution in [2.24, 2.45) is 5.41 Å². The SMILES string of the molecule is C/C=C/C=C/C=C1/N(C)CCC1(C)C. The highest BCUT2D eigenvalue weighted by Gasteiger charge is 2.31. The Bertz CT molecular complexity index is 269. The minimum absolute atomic E-state index is 0.342. The molecule has 0 amide bonds. The fourth-order valence-corrected chi connectivity index (χ4v) is 1.89. The minimum atomic E-state index is 0.342. The molecule has 1 heterocycles. The van der Waals surface area contributed by atoms with Gasteiger partial charge in [-0.2, -0.15) is 0 Å². The van der Waals surface area contributed by atoms with Crippen molar-refractivity contribution < 1.29 is 0 Å². The van der Waals surface area contributed by atoms with E-state index >= 15 is 0 Å². The summed E-state index contributed by atoms with van der Waals surface area (Å²) in [5.74, 6) is 0. The summed E-state index contributed by atoms with van der Waals surface area (Å²) in [4.78, 5) is 2.35. The molecule has 0 spiro atoms. The van der Waals surface area contributed by atoms with Crippen LogP contribution >= 0.6 is 0 Å². The highest BCUT2D eigenvalue weighted by molar-refractivity contribution is 5.22. The van der Waals surface area contributed by atoms with E-state index in [4.69, 9.17) is 0 Å². The molecule has 0 bridgehead atoms. The van der Waals surface area contributed by atoms with Crippen molar-refractivity contribution in [1.29, 1.82) is 0 Å². The van der Waals surface area contributed by atoms with E-state index < -0.39 is 0 Å². The maximum absolute atomic E-state index is 2.35. The standard InChI is InChI=1S/C13H21N/c1-5-6-7-8-9-12-13(2,3)10-11-14(12)4/h5-9H,10-11H2,1-4H3/b6-5+,8-7+,12-9+. The molecule has 1 fully saturated rings. The van der Waals surface area contributed by atoms with E-state index in [2.05, 4.69) is 50.1 Å². The highest BCUT2D eigenvalue weighted by atomic mass is 15.1. The maximum atomic E-state index is 2.35. The van der Waals surface area contributed by atoms with Gasteiger partial charge in [-0.05, 0) is 19.4 Å². The Kier molecular flexibility index (Phi) is 3.56. The molecule has 0 atom stereocenters. The molecule has 1 heteroatoms. The molecule has 78 valence electrons. The summed E-state index contributed by atoms with van der Waals surface area (Å²) in [6.07, 6.45) is 11.8. The molecule has 1 aliphatic heterocycles. The average Bonchev–Trinajstić information content (AvgIpc) is 2.38. The molecule has 0 N–H and O–H groups in total. The Morgan fingerprint density at radius 1 is 1.21 bits per heavy atom. The van der Waals surface area contributed by atoms with Gasteiger partial charge in [-0.15, -0.1) is 0 Å². The number of allylic oxidation sites excluding steroid dienone is 6. The van der Waals surface area contributed by atoms with Crippen LogP contribution in [0.4, 0.5) is 0 Å². The van der Waals surface area contributed by atoms with Gasteiger partial charge in [0.2, 0.25) is 0 Å². The molecular weight excluding hydrogens is 170 g/mol. The van der Waals surface area contributed by atoms with Crippen molar-refractivity contribution in [3.8, 4) is 0 Å². The van der Waals surface area contributed by atoms with Crippen LogP contribution < -0.4 is 0 Å². The normalized spacial score (nSPS) is 24.6. The zero-order chi connectivity index (χ0) is 10.6. The van der Waals surface area contributed by atoms with E-state index in [0.29, 0.717) is 5.41 Å². The molecule has 14 heavy (non-hydrogen) atoms. The van der Waals surface area contributed by atoms with Crippen LogP contribution in [-0.4, -0.2) is 18.5 Å². The van der Waals surface area contributed by atoms with Gasteiger partial charge in [-0.25, -0.2) is 0 Å². The molecular formula is C13H21N. The second-order valence-corrected chi connectivity index (χ2v) is 4.52. The molecule has 0 aliphatic carbocycles. The van der Waals surface area contributed by atoms with Gasteiger partial charge < -0.3 is 4.90 Å².